The van der Waals surface area contributed by atoms with Gasteiger partial charge in [-0.2, -0.15) is 0 Å². The number of carbonyl (C=O) groups is 2. The third-order valence-corrected chi connectivity index (χ3v) is 4.96. The lowest BCUT2D eigenvalue weighted by molar-refractivity contribution is -0.113. The van der Waals surface area contributed by atoms with Crippen LogP contribution in [0.3, 0.4) is 0 Å². The van der Waals surface area contributed by atoms with E-state index in [1.165, 1.54) is 24.6 Å². The van der Waals surface area contributed by atoms with Crippen molar-refractivity contribution in [3.63, 3.8) is 0 Å². The molecule has 2 amide bonds. The Bertz CT molecular complexity index is 768. The molecule has 2 aromatic rings. The SMILES string of the molecule is CCn1c(SCC(=O)Nc2ccc(C(=O)NC)cc2)nnc1C1CC1. The van der Waals surface area contributed by atoms with E-state index in [0.29, 0.717) is 17.2 Å². The number of amides is 2. The lowest BCUT2D eigenvalue weighted by atomic mass is 10.2. The van der Waals surface area contributed by atoms with Crippen molar-refractivity contribution in [1.82, 2.24) is 20.1 Å². The van der Waals surface area contributed by atoms with Crippen LogP contribution in [0.15, 0.2) is 29.4 Å². The number of anilines is 1. The zero-order valence-corrected chi connectivity index (χ0v) is 15.1. The first-order valence-corrected chi connectivity index (χ1v) is 9.28. The molecule has 0 atom stereocenters. The van der Waals surface area contributed by atoms with Crippen molar-refractivity contribution < 1.29 is 9.59 Å². The molecule has 7 nitrogen and oxygen atoms in total. The molecular formula is C17H21N5O2S. The predicted octanol–water partition coefficient (Wildman–Crippen LogP) is 2.27. The average Bonchev–Trinajstić information content (AvgIpc) is 3.39. The van der Waals surface area contributed by atoms with Crippen LogP contribution in [-0.4, -0.2) is 39.4 Å². The van der Waals surface area contributed by atoms with Gasteiger partial charge in [-0.3, -0.25) is 9.59 Å². The van der Waals surface area contributed by atoms with E-state index in [0.717, 1.165) is 17.5 Å². The van der Waals surface area contributed by atoms with Crippen LogP contribution in [0.5, 0.6) is 0 Å². The third-order valence-electron chi connectivity index (χ3n) is 3.99. The highest BCUT2D eigenvalue weighted by Crippen LogP contribution is 2.39. The highest BCUT2D eigenvalue weighted by molar-refractivity contribution is 7.99. The molecule has 2 N–H and O–H groups in total. The van der Waals surface area contributed by atoms with Gasteiger partial charge in [-0.25, -0.2) is 0 Å². The van der Waals surface area contributed by atoms with Gasteiger partial charge >= 0.3 is 0 Å². The van der Waals surface area contributed by atoms with Gasteiger partial charge in [-0.15, -0.1) is 10.2 Å². The standard InChI is InChI=1S/C17H21N5O2S/c1-3-22-15(11-4-5-11)20-21-17(22)25-10-14(23)19-13-8-6-12(7-9-13)16(24)18-2/h6-9,11H,3-5,10H2,1-2H3,(H,18,24)(H,19,23). The summed E-state index contributed by atoms with van der Waals surface area (Å²) in [5, 5.41) is 14.7. The fraction of sp³-hybridized carbons (Fsp3) is 0.412. The Morgan fingerprint density at radius 1 is 1.24 bits per heavy atom. The van der Waals surface area contributed by atoms with Crippen molar-refractivity contribution in [2.24, 2.45) is 0 Å². The number of hydrogen-bond donors (Lipinski definition) is 2. The van der Waals surface area contributed by atoms with Gasteiger partial charge in [-0.1, -0.05) is 11.8 Å². The smallest absolute Gasteiger partial charge is 0.251 e. The molecule has 1 fully saturated rings. The molecule has 1 aliphatic carbocycles. The highest BCUT2D eigenvalue weighted by Gasteiger charge is 2.30. The summed E-state index contributed by atoms with van der Waals surface area (Å²) in [5.74, 6) is 1.57. The number of hydrogen-bond acceptors (Lipinski definition) is 5. The zero-order valence-electron chi connectivity index (χ0n) is 14.3. The molecule has 0 bridgehead atoms. The molecule has 1 heterocycles. The minimum absolute atomic E-state index is 0.115. The van der Waals surface area contributed by atoms with Crippen LogP contribution < -0.4 is 10.6 Å². The summed E-state index contributed by atoms with van der Waals surface area (Å²) in [6, 6.07) is 6.79. The molecule has 8 heteroatoms. The summed E-state index contributed by atoms with van der Waals surface area (Å²) in [6.45, 7) is 2.87. The second-order valence-electron chi connectivity index (χ2n) is 5.85. The van der Waals surface area contributed by atoms with Gasteiger partial charge in [0.2, 0.25) is 5.91 Å². The minimum atomic E-state index is -0.154. The molecule has 132 valence electrons. The largest absolute Gasteiger partial charge is 0.355 e. The maximum atomic E-state index is 12.1. The van der Waals surface area contributed by atoms with Crippen LogP contribution >= 0.6 is 11.8 Å². The molecule has 0 unspecified atom stereocenters. The molecule has 0 spiro atoms. The Balaban J connectivity index is 1.55. The second kappa shape index (κ2) is 7.69. The van der Waals surface area contributed by atoms with Gasteiger partial charge in [0.05, 0.1) is 5.75 Å². The van der Waals surface area contributed by atoms with Crippen LogP contribution in [0, 0.1) is 0 Å². The maximum Gasteiger partial charge on any atom is 0.251 e. The van der Waals surface area contributed by atoms with Crippen molar-refractivity contribution in [2.75, 3.05) is 18.1 Å². The van der Waals surface area contributed by atoms with E-state index in [9.17, 15) is 9.59 Å². The van der Waals surface area contributed by atoms with Gasteiger partial charge < -0.3 is 15.2 Å². The fourth-order valence-corrected chi connectivity index (χ4v) is 3.33. The normalized spacial score (nSPS) is 13.5. The summed E-state index contributed by atoms with van der Waals surface area (Å²) in [5.41, 5.74) is 1.22. The molecule has 25 heavy (non-hydrogen) atoms. The van der Waals surface area contributed by atoms with Crippen molar-refractivity contribution >= 4 is 29.3 Å². The molecule has 1 saturated carbocycles. The quantitative estimate of drug-likeness (QED) is 0.740. The summed E-state index contributed by atoms with van der Waals surface area (Å²) in [4.78, 5) is 23.6. The first-order valence-electron chi connectivity index (χ1n) is 8.30. The molecule has 0 radical (unpaired) electrons. The Labute approximate surface area is 150 Å². The number of rotatable bonds is 7. The summed E-state index contributed by atoms with van der Waals surface area (Å²) >= 11 is 1.39. The van der Waals surface area contributed by atoms with Crippen LogP contribution in [-0.2, 0) is 11.3 Å². The lowest BCUT2D eigenvalue weighted by Gasteiger charge is -2.08. The molecule has 1 aliphatic rings. The van der Waals surface area contributed by atoms with E-state index in [2.05, 4.69) is 32.3 Å². The van der Waals surface area contributed by atoms with Crippen molar-refractivity contribution in [2.45, 2.75) is 37.4 Å². The van der Waals surface area contributed by atoms with Crippen molar-refractivity contribution in [1.29, 1.82) is 0 Å². The zero-order chi connectivity index (χ0) is 17.8. The van der Waals surface area contributed by atoms with Crippen molar-refractivity contribution in [3.05, 3.63) is 35.7 Å². The van der Waals surface area contributed by atoms with E-state index in [-0.39, 0.29) is 17.6 Å². The van der Waals surface area contributed by atoms with E-state index in [4.69, 9.17) is 0 Å². The lowest BCUT2D eigenvalue weighted by Crippen LogP contribution is -2.18. The van der Waals surface area contributed by atoms with Crippen LogP contribution in [0.1, 0.15) is 41.9 Å². The van der Waals surface area contributed by atoms with E-state index >= 15 is 0 Å². The van der Waals surface area contributed by atoms with Crippen LogP contribution in [0.2, 0.25) is 0 Å². The first-order chi connectivity index (χ1) is 12.1. The number of aromatic nitrogens is 3. The van der Waals surface area contributed by atoms with Crippen molar-refractivity contribution in [3.8, 4) is 0 Å². The van der Waals surface area contributed by atoms with E-state index in [1.807, 2.05) is 0 Å². The number of nitrogens with one attached hydrogen (secondary N) is 2. The third kappa shape index (κ3) is 4.19. The number of nitrogens with zero attached hydrogens (tertiary/aromatic N) is 3. The summed E-state index contributed by atoms with van der Waals surface area (Å²) in [7, 11) is 1.58. The van der Waals surface area contributed by atoms with Crippen LogP contribution in [0.4, 0.5) is 5.69 Å². The fourth-order valence-electron chi connectivity index (χ4n) is 2.52. The summed E-state index contributed by atoms with van der Waals surface area (Å²) < 4.78 is 2.09. The average molecular weight is 359 g/mol. The molecule has 1 aromatic carbocycles. The number of carbonyl (C=O) groups excluding carboxylic acids is 2. The first kappa shape index (κ1) is 17.5. The molecule has 3 rings (SSSR count). The van der Waals surface area contributed by atoms with E-state index in [1.54, 1.807) is 31.3 Å². The molecule has 0 saturated heterocycles. The topological polar surface area (TPSA) is 88.9 Å². The Hall–Kier alpha value is -2.35. The Kier molecular flexibility index (Phi) is 5.37. The van der Waals surface area contributed by atoms with Gasteiger partial charge in [-0.05, 0) is 44.0 Å². The highest BCUT2D eigenvalue weighted by atomic mass is 32.2. The van der Waals surface area contributed by atoms with Gasteiger partial charge in [0.15, 0.2) is 5.16 Å². The van der Waals surface area contributed by atoms with Gasteiger partial charge in [0.1, 0.15) is 5.82 Å². The minimum Gasteiger partial charge on any atom is -0.355 e. The molecular weight excluding hydrogens is 338 g/mol. The second-order valence-corrected chi connectivity index (χ2v) is 6.80. The Morgan fingerprint density at radius 2 is 1.96 bits per heavy atom. The monoisotopic (exact) mass is 359 g/mol. The van der Waals surface area contributed by atoms with Gasteiger partial charge in [0, 0.05) is 30.8 Å². The van der Waals surface area contributed by atoms with Gasteiger partial charge in [0.25, 0.3) is 5.91 Å². The summed E-state index contributed by atoms with van der Waals surface area (Å²) in [6.07, 6.45) is 2.35. The Morgan fingerprint density at radius 3 is 2.56 bits per heavy atom. The predicted molar refractivity (Wildman–Crippen MR) is 96.9 cm³/mol. The van der Waals surface area contributed by atoms with E-state index < -0.39 is 0 Å². The number of benzene rings is 1. The van der Waals surface area contributed by atoms with Crippen LogP contribution in [0.25, 0.3) is 0 Å². The molecule has 1 aromatic heterocycles. The number of thioether (sulfide) groups is 1. The maximum absolute atomic E-state index is 12.1. The molecule has 0 aliphatic heterocycles.